The summed E-state index contributed by atoms with van der Waals surface area (Å²) in [6.07, 6.45) is 0. The molecule has 0 saturated carbocycles. The number of aliphatic carboxylic acids is 1. The molecule has 1 aliphatic rings. The van der Waals surface area contributed by atoms with Gasteiger partial charge < -0.3 is 10.0 Å². The number of nitrogens with zero attached hydrogens (tertiary/aromatic N) is 1. The Labute approximate surface area is 163 Å². The van der Waals surface area contributed by atoms with Gasteiger partial charge in [0.1, 0.15) is 5.92 Å². The molecule has 1 heterocycles. The van der Waals surface area contributed by atoms with E-state index in [-0.39, 0.29) is 11.9 Å². The van der Waals surface area contributed by atoms with E-state index in [0.717, 1.165) is 14.5 Å². The van der Waals surface area contributed by atoms with E-state index in [1.807, 2.05) is 32.0 Å². The first-order valence-electron chi connectivity index (χ1n) is 7.92. The minimum atomic E-state index is -0.936. The monoisotopic (exact) mass is 465 g/mol. The van der Waals surface area contributed by atoms with E-state index >= 15 is 0 Å². The number of benzene rings is 2. The number of hydrogen-bond acceptors (Lipinski definition) is 2. The quantitative estimate of drug-likeness (QED) is 0.693. The fourth-order valence-electron chi connectivity index (χ4n) is 3.43. The van der Waals surface area contributed by atoms with Crippen molar-refractivity contribution in [3.8, 4) is 0 Å². The summed E-state index contributed by atoms with van der Waals surface area (Å²) in [5, 5.41) is 9.97. The molecule has 2 aromatic rings. The highest BCUT2D eigenvalue weighted by Gasteiger charge is 2.45. The van der Waals surface area contributed by atoms with Crippen molar-refractivity contribution < 1.29 is 14.7 Å². The van der Waals surface area contributed by atoms with Crippen molar-refractivity contribution in [1.82, 2.24) is 4.90 Å². The number of halogens is 2. The Morgan fingerprint density at radius 3 is 2.40 bits per heavy atom. The van der Waals surface area contributed by atoms with Crippen LogP contribution in [-0.4, -0.2) is 27.9 Å². The van der Waals surface area contributed by atoms with Gasteiger partial charge in [-0.3, -0.25) is 9.59 Å². The molecule has 6 heteroatoms. The van der Waals surface area contributed by atoms with Gasteiger partial charge in [0.15, 0.2) is 0 Å². The minimum Gasteiger partial charge on any atom is -0.481 e. The van der Waals surface area contributed by atoms with E-state index in [9.17, 15) is 14.7 Å². The van der Waals surface area contributed by atoms with Crippen LogP contribution in [0.5, 0.6) is 0 Å². The van der Waals surface area contributed by atoms with Crippen LogP contribution in [0.4, 0.5) is 0 Å². The van der Waals surface area contributed by atoms with Crippen LogP contribution in [0.2, 0.25) is 0 Å². The molecule has 0 fully saturated rings. The maximum Gasteiger partial charge on any atom is 0.313 e. The van der Waals surface area contributed by atoms with E-state index in [1.54, 1.807) is 29.2 Å². The highest BCUT2D eigenvalue weighted by Crippen LogP contribution is 2.44. The third-order valence-electron chi connectivity index (χ3n) is 4.48. The van der Waals surface area contributed by atoms with Gasteiger partial charge in [-0.15, -0.1) is 0 Å². The number of hydrogen-bond donors (Lipinski definition) is 1. The normalized spacial score (nSPS) is 19.9. The van der Waals surface area contributed by atoms with Gasteiger partial charge in [0.05, 0.1) is 6.04 Å². The maximum atomic E-state index is 13.1. The lowest BCUT2D eigenvalue weighted by Crippen LogP contribution is -2.48. The molecule has 2 aromatic carbocycles. The summed E-state index contributed by atoms with van der Waals surface area (Å²) in [6, 6.07) is 11.9. The van der Waals surface area contributed by atoms with E-state index in [0.29, 0.717) is 11.1 Å². The van der Waals surface area contributed by atoms with E-state index in [2.05, 4.69) is 31.9 Å². The Morgan fingerprint density at radius 2 is 1.80 bits per heavy atom. The van der Waals surface area contributed by atoms with Gasteiger partial charge in [-0.1, -0.05) is 24.3 Å². The third kappa shape index (κ3) is 3.13. The van der Waals surface area contributed by atoms with E-state index in [1.165, 1.54) is 0 Å². The summed E-state index contributed by atoms with van der Waals surface area (Å²) in [7, 11) is 0. The molecule has 1 aliphatic heterocycles. The third-order valence-corrected chi connectivity index (χ3v) is 6.36. The molecular weight excluding hydrogens is 450 g/mol. The van der Waals surface area contributed by atoms with Gasteiger partial charge in [0, 0.05) is 20.6 Å². The Morgan fingerprint density at radius 1 is 1.12 bits per heavy atom. The first kappa shape index (κ1) is 18.1. The highest BCUT2D eigenvalue weighted by atomic mass is 79.9. The van der Waals surface area contributed by atoms with Crippen LogP contribution in [-0.2, 0) is 4.79 Å². The smallest absolute Gasteiger partial charge is 0.313 e. The lowest BCUT2D eigenvalue weighted by molar-refractivity contribution is -0.140. The molecule has 0 saturated heterocycles. The predicted molar refractivity (Wildman–Crippen MR) is 103 cm³/mol. The molecule has 0 spiro atoms. The number of carbonyl (C=O) groups is 2. The van der Waals surface area contributed by atoms with Crippen LogP contribution in [0.1, 0.15) is 47.3 Å². The van der Waals surface area contributed by atoms with Crippen molar-refractivity contribution in [3.05, 3.63) is 68.1 Å². The zero-order valence-electron chi connectivity index (χ0n) is 13.7. The van der Waals surface area contributed by atoms with Crippen LogP contribution in [0.3, 0.4) is 0 Å². The number of fused-ring (bicyclic) bond motifs is 1. The molecule has 3 rings (SSSR count). The summed E-state index contributed by atoms with van der Waals surface area (Å²) >= 11 is 6.91. The molecule has 0 unspecified atom stereocenters. The van der Waals surface area contributed by atoms with Crippen molar-refractivity contribution in [3.63, 3.8) is 0 Å². The number of carboxylic acids is 1. The fourth-order valence-corrected chi connectivity index (χ4v) is 4.08. The van der Waals surface area contributed by atoms with Gasteiger partial charge in [0.25, 0.3) is 5.91 Å². The van der Waals surface area contributed by atoms with Gasteiger partial charge >= 0.3 is 5.97 Å². The summed E-state index contributed by atoms with van der Waals surface area (Å²) in [4.78, 5) is 26.9. The molecule has 4 nitrogen and oxygen atoms in total. The zero-order chi connectivity index (χ0) is 18.3. The Balaban J connectivity index is 2.26. The molecular formula is C19H17Br2NO3. The number of amides is 1. The molecule has 1 amide bonds. The molecule has 1 N–H and O–H groups in total. The highest BCUT2D eigenvalue weighted by molar-refractivity contribution is 9.13. The molecule has 130 valence electrons. The summed E-state index contributed by atoms with van der Waals surface area (Å²) in [6.45, 7) is 3.82. The number of rotatable bonds is 3. The molecule has 0 aliphatic carbocycles. The first-order chi connectivity index (χ1) is 11.8. The van der Waals surface area contributed by atoms with Crippen LogP contribution in [0.15, 0.2) is 51.4 Å². The van der Waals surface area contributed by atoms with Crippen molar-refractivity contribution in [2.24, 2.45) is 0 Å². The maximum absolute atomic E-state index is 13.1. The van der Waals surface area contributed by atoms with Crippen molar-refractivity contribution >= 4 is 43.7 Å². The Hall–Kier alpha value is -1.66. The summed E-state index contributed by atoms with van der Waals surface area (Å²) < 4.78 is 1.70. The van der Waals surface area contributed by atoms with Crippen LogP contribution in [0, 0.1) is 0 Å². The lowest BCUT2D eigenvalue weighted by Gasteiger charge is -2.43. The largest absolute Gasteiger partial charge is 0.481 e. The number of carbonyl (C=O) groups excluding carboxylic acids is 1. The van der Waals surface area contributed by atoms with Crippen LogP contribution < -0.4 is 0 Å². The molecule has 0 bridgehead atoms. The SMILES string of the molecule is CC(C)N1C(=O)c2ccccc2[C@@H](C(=O)O)[C@H]1c1ccc(Br)c(Br)c1. The zero-order valence-corrected chi connectivity index (χ0v) is 16.9. The van der Waals surface area contributed by atoms with Crippen molar-refractivity contribution in [1.29, 1.82) is 0 Å². The lowest BCUT2D eigenvalue weighted by atomic mass is 9.79. The van der Waals surface area contributed by atoms with E-state index < -0.39 is 17.9 Å². The molecule has 25 heavy (non-hydrogen) atoms. The summed E-state index contributed by atoms with van der Waals surface area (Å²) in [5.41, 5.74) is 1.83. The molecule has 0 aromatic heterocycles. The Kier molecular flexibility index (Phi) is 5.02. The predicted octanol–water partition coefficient (Wildman–Crippen LogP) is 4.99. The second-order valence-corrected chi connectivity index (χ2v) is 8.04. The minimum absolute atomic E-state index is 0.130. The molecule has 2 atom stereocenters. The Bertz CT molecular complexity index is 850. The average Bonchev–Trinajstić information content (AvgIpc) is 2.56. The van der Waals surface area contributed by atoms with Gasteiger partial charge in [0.2, 0.25) is 0 Å². The van der Waals surface area contributed by atoms with Crippen molar-refractivity contribution in [2.75, 3.05) is 0 Å². The fraction of sp³-hybridized carbons (Fsp3) is 0.263. The van der Waals surface area contributed by atoms with Crippen LogP contribution >= 0.6 is 31.9 Å². The van der Waals surface area contributed by atoms with E-state index in [4.69, 9.17) is 0 Å². The van der Waals surface area contributed by atoms with Gasteiger partial charge in [-0.2, -0.15) is 0 Å². The van der Waals surface area contributed by atoms with Crippen LogP contribution in [0.25, 0.3) is 0 Å². The second kappa shape index (κ2) is 6.92. The second-order valence-electron chi connectivity index (χ2n) is 6.33. The standard InChI is InChI=1S/C19H17Br2NO3/c1-10(2)22-17(11-7-8-14(20)15(21)9-11)16(19(24)25)12-5-3-4-6-13(12)18(22)23/h3-10,16-17H,1-2H3,(H,24,25)/t16-,17-/m1/s1. The van der Waals surface area contributed by atoms with Gasteiger partial charge in [-0.05, 0) is 75.0 Å². The van der Waals surface area contributed by atoms with Gasteiger partial charge in [-0.25, -0.2) is 0 Å². The average molecular weight is 467 g/mol. The first-order valence-corrected chi connectivity index (χ1v) is 9.51. The number of carboxylic acid groups (broad SMARTS) is 1. The molecule has 0 radical (unpaired) electrons. The summed E-state index contributed by atoms with van der Waals surface area (Å²) in [5.74, 6) is -1.88. The van der Waals surface area contributed by atoms with Crippen molar-refractivity contribution in [2.45, 2.75) is 31.8 Å². The topological polar surface area (TPSA) is 57.6 Å².